The summed E-state index contributed by atoms with van der Waals surface area (Å²) in [5.74, 6) is 0.482. The molecule has 0 fully saturated rings. The van der Waals surface area contributed by atoms with Crippen LogP contribution in [0.3, 0.4) is 0 Å². The van der Waals surface area contributed by atoms with Gasteiger partial charge >= 0.3 is 0 Å². The van der Waals surface area contributed by atoms with Crippen molar-refractivity contribution in [1.82, 2.24) is 9.97 Å². The number of ether oxygens (including phenoxy) is 1. The number of aromatic nitrogens is 2. The van der Waals surface area contributed by atoms with E-state index in [0.717, 1.165) is 10.0 Å². The Bertz CT molecular complexity index is 553. The first-order chi connectivity index (χ1) is 8.69. The Kier molecular flexibility index (Phi) is 4.86. The van der Waals surface area contributed by atoms with Crippen LogP contribution in [-0.4, -0.2) is 16.2 Å². The normalized spacial score (nSPS) is 10.4. The van der Waals surface area contributed by atoms with Crippen LogP contribution >= 0.6 is 39.3 Å². The van der Waals surface area contributed by atoms with E-state index in [1.54, 1.807) is 6.07 Å². The van der Waals surface area contributed by atoms with Crippen molar-refractivity contribution < 1.29 is 4.74 Å². The number of nitrogens with zero attached hydrogens (tertiary/aromatic N) is 2. The van der Waals surface area contributed by atoms with E-state index >= 15 is 0 Å². The number of thioether (sulfide) groups is 1. The Labute approximate surface area is 123 Å². The maximum Gasteiger partial charge on any atom is 0.219 e. The van der Waals surface area contributed by atoms with Crippen molar-refractivity contribution in [1.29, 1.82) is 0 Å². The molecule has 2 rings (SSSR count). The van der Waals surface area contributed by atoms with Gasteiger partial charge in [0.25, 0.3) is 0 Å². The Hall–Kier alpha value is -0.780. The molecule has 0 bridgehead atoms. The molecular weight excluding hydrogens is 336 g/mol. The van der Waals surface area contributed by atoms with E-state index in [1.165, 1.54) is 11.8 Å². The molecule has 0 saturated heterocycles. The maximum atomic E-state index is 5.89. The van der Waals surface area contributed by atoms with Gasteiger partial charge in [0.1, 0.15) is 11.8 Å². The molecule has 2 aromatic rings. The average molecular weight is 346 g/mol. The van der Waals surface area contributed by atoms with Crippen LogP contribution in [0.4, 0.5) is 0 Å². The van der Waals surface area contributed by atoms with E-state index in [9.17, 15) is 0 Å². The highest BCUT2D eigenvalue weighted by Crippen LogP contribution is 2.21. The van der Waals surface area contributed by atoms with E-state index in [4.69, 9.17) is 16.3 Å². The summed E-state index contributed by atoms with van der Waals surface area (Å²) >= 11 is 10.8. The van der Waals surface area contributed by atoms with Crippen LogP contribution in [0.5, 0.6) is 5.88 Å². The first-order valence-electron chi connectivity index (χ1n) is 5.14. The molecular formula is C12H10BrClN2OS. The fraction of sp³-hybridized carbons (Fsp3) is 0.167. The molecule has 0 aliphatic rings. The summed E-state index contributed by atoms with van der Waals surface area (Å²) in [6.07, 6.45) is 1.89. The molecule has 0 radical (unpaired) electrons. The number of hydrogen-bond acceptors (Lipinski definition) is 4. The van der Waals surface area contributed by atoms with E-state index in [-0.39, 0.29) is 0 Å². The van der Waals surface area contributed by atoms with Gasteiger partial charge in [-0.15, -0.1) is 0 Å². The highest BCUT2D eigenvalue weighted by molar-refractivity contribution is 9.10. The third-order valence-electron chi connectivity index (χ3n) is 2.17. The van der Waals surface area contributed by atoms with Crippen molar-refractivity contribution in [2.75, 3.05) is 6.26 Å². The second-order valence-corrected chi connectivity index (χ2v) is 5.41. The molecule has 0 aliphatic carbocycles. The Morgan fingerprint density at radius 3 is 2.83 bits per heavy atom. The number of benzene rings is 1. The Balaban J connectivity index is 2.11. The van der Waals surface area contributed by atoms with Gasteiger partial charge in [0, 0.05) is 16.1 Å². The van der Waals surface area contributed by atoms with Gasteiger partial charge in [-0.05, 0) is 12.3 Å². The van der Waals surface area contributed by atoms with Crippen molar-refractivity contribution in [2.24, 2.45) is 0 Å². The molecule has 0 aliphatic heterocycles. The fourth-order valence-corrected chi connectivity index (χ4v) is 2.30. The van der Waals surface area contributed by atoms with Crippen molar-refractivity contribution >= 4 is 39.3 Å². The summed E-state index contributed by atoms with van der Waals surface area (Å²) in [6.45, 7) is 0.433. The third kappa shape index (κ3) is 3.60. The number of hydrogen-bond donors (Lipinski definition) is 0. The maximum absolute atomic E-state index is 5.89. The van der Waals surface area contributed by atoms with Gasteiger partial charge in [-0.25, -0.2) is 4.98 Å². The molecule has 18 heavy (non-hydrogen) atoms. The zero-order valence-corrected chi connectivity index (χ0v) is 12.7. The quantitative estimate of drug-likeness (QED) is 0.473. The van der Waals surface area contributed by atoms with Crippen LogP contribution in [0, 0.1) is 0 Å². The van der Waals surface area contributed by atoms with E-state index in [2.05, 4.69) is 25.9 Å². The van der Waals surface area contributed by atoms with E-state index in [1.807, 2.05) is 30.5 Å². The standard InChI is InChI=1S/C12H10BrClN2OS/c1-18-12-15-10(14)6-11(16-12)17-7-8-4-2-3-5-9(8)13/h2-6H,7H2,1H3. The first kappa shape index (κ1) is 13.6. The lowest BCUT2D eigenvalue weighted by Gasteiger charge is -2.07. The van der Waals surface area contributed by atoms with Gasteiger partial charge in [-0.2, -0.15) is 4.98 Å². The van der Waals surface area contributed by atoms with Crippen LogP contribution in [0.2, 0.25) is 5.15 Å². The van der Waals surface area contributed by atoms with Gasteiger partial charge in [-0.3, -0.25) is 0 Å². The third-order valence-corrected chi connectivity index (χ3v) is 3.68. The summed E-state index contributed by atoms with van der Waals surface area (Å²) < 4.78 is 6.63. The predicted molar refractivity (Wildman–Crippen MR) is 77.3 cm³/mol. The molecule has 1 heterocycles. The average Bonchev–Trinajstić information content (AvgIpc) is 2.37. The lowest BCUT2D eigenvalue weighted by Crippen LogP contribution is -1.99. The molecule has 3 nitrogen and oxygen atoms in total. The van der Waals surface area contributed by atoms with Crippen LogP contribution in [0.15, 0.2) is 40.0 Å². The highest BCUT2D eigenvalue weighted by atomic mass is 79.9. The largest absolute Gasteiger partial charge is 0.473 e. The second-order valence-electron chi connectivity index (χ2n) is 3.40. The summed E-state index contributed by atoms with van der Waals surface area (Å²) in [7, 11) is 0. The van der Waals surface area contributed by atoms with Gasteiger partial charge in [-0.1, -0.05) is 57.5 Å². The van der Waals surface area contributed by atoms with Crippen molar-refractivity contribution in [3.05, 3.63) is 45.5 Å². The van der Waals surface area contributed by atoms with Gasteiger partial charge < -0.3 is 4.74 Å². The van der Waals surface area contributed by atoms with Gasteiger partial charge in [0.2, 0.25) is 5.88 Å². The minimum absolute atomic E-state index is 0.386. The summed E-state index contributed by atoms with van der Waals surface area (Å²) in [5.41, 5.74) is 1.05. The summed E-state index contributed by atoms with van der Waals surface area (Å²) in [6, 6.07) is 9.49. The molecule has 1 aromatic heterocycles. The molecule has 94 valence electrons. The Morgan fingerprint density at radius 2 is 2.11 bits per heavy atom. The molecule has 6 heteroatoms. The van der Waals surface area contributed by atoms with Crippen LogP contribution in [0.25, 0.3) is 0 Å². The lowest BCUT2D eigenvalue weighted by atomic mass is 10.2. The molecule has 0 spiro atoms. The molecule has 0 atom stereocenters. The van der Waals surface area contributed by atoms with Gasteiger partial charge in [0.05, 0.1) is 0 Å². The topological polar surface area (TPSA) is 35.0 Å². The smallest absolute Gasteiger partial charge is 0.219 e. The van der Waals surface area contributed by atoms with Crippen LogP contribution < -0.4 is 4.74 Å². The minimum atomic E-state index is 0.386. The first-order valence-corrected chi connectivity index (χ1v) is 7.53. The number of halogens is 2. The predicted octanol–water partition coefficient (Wildman–Crippen LogP) is 4.19. The van der Waals surface area contributed by atoms with E-state index in [0.29, 0.717) is 22.8 Å². The molecule has 0 amide bonds. The van der Waals surface area contributed by atoms with Crippen molar-refractivity contribution in [3.8, 4) is 5.88 Å². The van der Waals surface area contributed by atoms with Crippen LogP contribution in [0.1, 0.15) is 5.56 Å². The van der Waals surface area contributed by atoms with Crippen molar-refractivity contribution in [3.63, 3.8) is 0 Å². The Morgan fingerprint density at radius 1 is 1.33 bits per heavy atom. The molecule has 0 N–H and O–H groups in total. The zero-order valence-electron chi connectivity index (χ0n) is 9.56. The summed E-state index contributed by atoms with van der Waals surface area (Å²) in [5, 5.41) is 0.987. The molecule has 1 aromatic carbocycles. The lowest BCUT2D eigenvalue weighted by molar-refractivity contribution is 0.290. The zero-order chi connectivity index (χ0) is 13.0. The number of rotatable bonds is 4. The molecule has 0 unspecified atom stereocenters. The van der Waals surface area contributed by atoms with Crippen LogP contribution in [-0.2, 0) is 6.61 Å². The summed E-state index contributed by atoms with van der Waals surface area (Å²) in [4.78, 5) is 8.28. The van der Waals surface area contributed by atoms with Crippen molar-refractivity contribution in [2.45, 2.75) is 11.8 Å². The minimum Gasteiger partial charge on any atom is -0.473 e. The van der Waals surface area contributed by atoms with Gasteiger partial charge in [0.15, 0.2) is 5.16 Å². The monoisotopic (exact) mass is 344 g/mol. The van der Waals surface area contributed by atoms with E-state index < -0.39 is 0 Å². The highest BCUT2D eigenvalue weighted by Gasteiger charge is 2.05. The second kappa shape index (κ2) is 6.41. The fourth-order valence-electron chi connectivity index (χ4n) is 1.31. The molecule has 0 saturated carbocycles. The SMILES string of the molecule is CSc1nc(Cl)cc(OCc2ccccc2Br)n1.